The maximum Gasteiger partial charge on any atom is 0.255 e. The summed E-state index contributed by atoms with van der Waals surface area (Å²) in [7, 11) is -3.84. The third kappa shape index (κ3) is 7.67. The molecular formula is C43H46FN5O6S2. The number of hydrogen-bond donors (Lipinski definition) is 4. The lowest BCUT2D eigenvalue weighted by Crippen LogP contribution is -2.52. The largest absolute Gasteiger partial charge is 0.394 e. The fourth-order valence-corrected chi connectivity index (χ4v) is 11.4. The highest BCUT2D eigenvalue weighted by atomic mass is 32.2. The first kappa shape index (κ1) is 39.1. The van der Waals surface area contributed by atoms with Crippen molar-refractivity contribution in [2.75, 3.05) is 36.1 Å². The Hall–Kier alpha value is -4.76. The van der Waals surface area contributed by atoms with Crippen molar-refractivity contribution >= 4 is 50.9 Å². The number of aliphatic hydroxyl groups is 1. The third-order valence-electron chi connectivity index (χ3n) is 11.7. The SMILES string of the molecule is Cc1ccc(S(=O)(=O)N2CC[C@@H]3[C@@H](CO)Nc4ccc(-c5cc(NCCCCCSc6cccc7c6CN(C6CCC(=O)NC6=O)C7=O)ccc5F)cc4[C@@H]32)cc1. The topological polar surface area (TPSA) is 148 Å². The number of rotatable bonds is 13. The number of aryl methyl sites for hydroxylation is 1. The van der Waals surface area contributed by atoms with Crippen LogP contribution < -0.4 is 16.0 Å². The van der Waals surface area contributed by atoms with Crippen LogP contribution in [0, 0.1) is 18.7 Å². The Morgan fingerprint density at radius 1 is 0.947 bits per heavy atom. The van der Waals surface area contributed by atoms with Crippen LogP contribution in [-0.4, -0.2) is 78.0 Å². The van der Waals surface area contributed by atoms with E-state index in [1.807, 2.05) is 37.3 Å². The summed E-state index contributed by atoms with van der Waals surface area (Å²) in [6.07, 6.45) is 3.95. The molecule has 57 heavy (non-hydrogen) atoms. The number of carbonyl (C=O) groups excluding carboxylic acids is 3. The number of piperidine rings is 1. The van der Waals surface area contributed by atoms with Crippen LogP contribution in [0.4, 0.5) is 15.8 Å². The van der Waals surface area contributed by atoms with Gasteiger partial charge in [0.15, 0.2) is 0 Å². The monoisotopic (exact) mass is 811 g/mol. The molecule has 4 atom stereocenters. The van der Waals surface area contributed by atoms with Gasteiger partial charge < -0.3 is 20.6 Å². The highest BCUT2D eigenvalue weighted by Gasteiger charge is 2.48. The Kier molecular flexibility index (Phi) is 11.1. The number of imide groups is 1. The number of hydrogen-bond acceptors (Lipinski definition) is 9. The lowest BCUT2D eigenvalue weighted by atomic mass is 9.82. The van der Waals surface area contributed by atoms with E-state index in [1.54, 1.807) is 63.4 Å². The number of halogens is 1. The van der Waals surface area contributed by atoms with Gasteiger partial charge in [-0.1, -0.05) is 36.2 Å². The second kappa shape index (κ2) is 16.2. The van der Waals surface area contributed by atoms with Crippen molar-refractivity contribution in [2.24, 2.45) is 5.92 Å². The van der Waals surface area contributed by atoms with Gasteiger partial charge in [0, 0.05) is 59.4 Å². The van der Waals surface area contributed by atoms with E-state index in [2.05, 4.69) is 16.0 Å². The molecule has 0 radical (unpaired) electrons. The number of nitrogens with one attached hydrogen (secondary N) is 3. The van der Waals surface area contributed by atoms with E-state index in [0.29, 0.717) is 49.2 Å². The minimum atomic E-state index is -3.84. The normalized spacial score (nSPS) is 21.8. The predicted octanol–water partition coefficient (Wildman–Crippen LogP) is 6.47. The van der Waals surface area contributed by atoms with Crippen LogP contribution in [0.2, 0.25) is 0 Å². The van der Waals surface area contributed by atoms with Crippen LogP contribution in [0.3, 0.4) is 0 Å². The van der Waals surface area contributed by atoms with Gasteiger partial charge in [-0.2, -0.15) is 4.31 Å². The van der Waals surface area contributed by atoms with Gasteiger partial charge in [0.2, 0.25) is 21.8 Å². The molecule has 1 unspecified atom stereocenters. The molecule has 4 aromatic rings. The number of aliphatic hydroxyl groups excluding tert-OH is 1. The number of carbonyl (C=O) groups is 3. The summed E-state index contributed by atoms with van der Waals surface area (Å²) in [6.45, 7) is 3.15. The van der Waals surface area contributed by atoms with E-state index in [0.717, 1.165) is 58.0 Å². The molecular weight excluding hydrogens is 766 g/mol. The van der Waals surface area contributed by atoms with Gasteiger partial charge in [0.25, 0.3) is 5.91 Å². The van der Waals surface area contributed by atoms with Crippen LogP contribution in [0.5, 0.6) is 0 Å². The van der Waals surface area contributed by atoms with E-state index < -0.39 is 28.0 Å². The Morgan fingerprint density at radius 3 is 2.56 bits per heavy atom. The second-order valence-electron chi connectivity index (χ2n) is 15.3. The standard InChI is InChI=1S/C43H46FN5O6S2/c1-26-8-12-29(13-9-26)57(54,55)49-20-18-31-37(25-50)46-36-15-10-27(22-33(36)41(31)49)32-23-28(11-14-35(32)44)45-19-3-2-4-21-56-39-7-5-6-30-34(39)24-48(43(30)53)38-16-17-40(51)47-42(38)52/h5-15,22-23,31,37-38,41,45-46,50H,2-4,16-21,24-25H2,1H3,(H,47,51,52)/t31-,37-,38?,41-/m1/s1. The molecule has 4 aliphatic rings. The lowest BCUT2D eigenvalue weighted by molar-refractivity contribution is -0.136. The molecule has 4 heterocycles. The summed E-state index contributed by atoms with van der Waals surface area (Å²) < 4.78 is 45.0. The van der Waals surface area contributed by atoms with Crippen molar-refractivity contribution < 1.29 is 32.3 Å². The molecule has 11 nitrogen and oxygen atoms in total. The molecule has 0 spiro atoms. The number of amides is 3. The Labute approximate surface area is 336 Å². The first-order chi connectivity index (χ1) is 27.5. The van der Waals surface area contributed by atoms with Gasteiger partial charge >= 0.3 is 0 Å². The van der Waals surface area contributed by atoms with Crippen molar-refractivity contribution in [3.05, 3.63) is 107 Å². The Balaban J connectivity index is 0.886. The van der Waals surface area contributed by atoms with E-state index in [4.69, 9.17) is 0 Å². The van der Waals surface area contributed by atoms with Gasteiger partial charge in [-0.05, 0) is 110 Å². The molecule has 8 rings (SSSR count). The van der Waals surface area contributed by atoms with Gasteiger partial charge in [-0.15, -0.1) is 11.8 Å². The minimum Gasteiger partial charge on any atom is -0.394 e. The molecule has 298 valence electrons. The lowest BCUT2D eigenvalue weighted by Gasteiger charge is -2.39. The number of thioether (sulfide) groups is 1. The van der Waals surface area contributed by atoms with E-state index in [9.17, 15) is 27.9 Å². The molecule has 14 heteroatoms. The molecule has 2 saturated heterocycles. The van der Waals surface area contributed by atoms with Gasteiger partial charge in [-0.3, -0.25) is 19.7 Å². The van der Waals surface area contributed by atoms with Crippen molar-refractivity contribution in [3.8, 4) is 11.1 Å². The highest BCUT2D eigenvalue weighted by molar-refractivity contribution is 7.99. The third-order valence-corrected chi connectivity index (χ3v) is 14.8. The Bertz CT molecular complexity index is 2320. The van der Waals surface area contributed by atoms with Crippen LogP contribution in [0.25, 0.3) is 11.1 Å². The number of anilines is 2. The summed E-state index contributed by atoms with van der Waals surface area (Å²) >= 11 is 1.70. The van der Waals surface area contributed by atoms with Gasteiger partial charge in [0.1, 0.15) is 11.9 Å². The number of unbranched alkanes of at least 4 members (excludes halogenated alkanes) is 2. The number of sulfonamides is 1. The van der Waals surface area contributed by atoms with Crippen LogP contribution >= 0.6 is 11.8 Å². The summed E-state index contributed by atoms with van der Waals surface area (Å²) in [5.74, 6) is -0.555. The number of benzene rings is 4. The molecule has 4 aliphatic heterocycles. The van der Waals surface area contributed by atoms with E-state index >= 15 is 4.39 Å². The van der Waals surface area contributed by atoms with Crippen LogP contribution in [0.1, 0.15) is 71.6 Å². The van der Waals surface area contributed by atoms with Gasteiger partial charge in [-0.25, -0.2) is 12.8 Å². The molecule has 4 N–H and O–H groups in total. The van der Waals surface area contributed by atoms with E-state index in [1.165, 1.54) is 6.07 Å². The predicted molar refractivity (Wildman–Crippen MR) is 218 cm³/mol. The second-order valence-corrected chi connectivity index (χ2v) is 18.3. The zero-order chi connectivity index (χ0) is 39.8. The zero-order valence-electron chi connectivity index (χ0n) is 31.7. The fraction of sp³-hybridized carbons (Fsp3) is 0.372. The molecule has 4 aromatic carbocycles. The van der Waals surface area contributed by atoms with Crippen molar-refractivity contribution in [3.63, 3.8) is 0 Å². The molecule has 0 saturated carbocycles. The quantitative estimate of drug-likeness (QED) is 0.0678. The molecule has 0 aliphatic carbocycles. The van der Waals surface area contributed by atoms with Crippen molar-refractivity contribution in [1.82, 2.24) is 14.5 Å². The smallest absolute Gasteiger partial charge is 0.255 e. The molecule has 0 bridgehead atoms. The first-order valence-electron chi connectivity index (χ1n) is 19.6. The molecule has 0 aromatic heterocycles. The summed E-state index contributed by atoms with van der Waals surface area (Å²) in [4.78, 5) is 40.1. The number of nitrogens with zero attached hydrogens (tertiary/aromatic N) is 2. The number of fused-ring (bicyclic) bond motifs is 4. The van der Waals surface area contributed by atoms with E-state index in [-0.39, 0.29) is 47.5 Å². The molecule has 2 fully saturated rings. The fourth-order valence-electron chi connectivity index (χ4n) is 8.67. The summed E-state index contributed by atoms with van der Waals surface area (Å²) in [5.41, 5.74) is 5.86. The first-order valence-corrected chi connectivity index (χ1v) is 22.0. The van der Waals surface area contributed by atoms with Crippen molar-refractivity contribution in [1.29, 1.82) is 0 Å². The maximum atomic E-state index is 15.5. The highest BCUT2D eigenvalue weighted by Crippen LogP contribution is 2.49. The Morgan fingerprint density at radius 2 is 1.77 bits per heavy atom. The van der Waals surface area contributed by atoms with Crippen molar-refractivity contribution in [2.45, 2.75) is 79.9 Å². The summed E-state index contributed by atoms with van der Waals surface area (Å²) in [6, 6.07) is 21.6. The maximum absolute atomic E-state index is 15.5. The minimum absolute atomic E-state index is 0.133. The zero-order valence-corrected chi connectivity index (χ0v) is 33.3. The van der Waals surface area contributed by atoms with Crippen LogP contribution in [-0.2, 0) is 26.2 Å². The average Bonchev–Trinajstić information content (AvgIpc) is 3.81. The average molecular weight is 812 g/mol. The van der Waals surface area contributed by atoms with Gasteiger partial charge in [0.05, 0.1) is 23.6 Å². The summed E-state index contributed by atoms with van der Waals surface area (Å²) in [5, 5.41) is 19.5. The van der Waals surface area contributed by atoms with Crippen LogP contribution in [0.15, 0.2) is 88.7 Å². The molecule has 3 amide bonds.